The quantitative estimate of drug-likeness (QED) is 0.855. The van der Waals surface area contributed by atoms with E-state index in [0.29, 0.717) is 5.92 Å². The van der Waals surface area contributed by atoms with Crippen molar-refractivity contribution in [3.63, 3.8) is 0 Å². The van der Waals surface area contributed by atoms with E-state index in [1.54, 1.807) is 28.9 Å². The highest BCUT2D eigenvalue weighted by Gasteiger charge is 2.25. The minimum atomic E-state index is -3.54. The van der Waals surface area contributed by atoms with Crippen LogP contribution in [0.1, 0.15) is 18.4 Å². The number of benzene rings is 1. The fourth-order valence-corrected chi connectivity index (χ4v) is 3.04. The Labute approximate surface area is 112 Å². The van der Waals surface area contributed by atoms with Crippen molar-refractivity contribution in [1.82, 2.24) is 15.0 Å². The van der Waals surface area contributed by atoms with Crippen LogP contribution in [0.5, 0.6) is 0 Å². The van der Waals surface area contributed by atoms with Crippen LogP contribution in [0.4, 0.5) is 0 Å². The minimum Gasteiger partial charge on any atom is -0.251 e. The molecular weight excluding hydrogens is 262 g/mol. The topological polar surface area (TPSA) is 64.8 Å². The van der Waals surface area contributed by atoms with E-state index in [2.05, 4.69) is 10.3 Å². The van der Waals surface area contributed by atoms with Crippen LogP contribution in [-0.2, 0) is 16.4 Å². The van der Waals surface area contributed by atoms with Gasteiger partial charge in [0.2, 0.25) is 14.9 Å². The van der Waals surface area contributed by atoms with Gasteiger partial charge < -0.3 is 0 Å². The maximum absolute atomic E-state index is 12.3. The van der Waals surface area contributed by atoms with Crippen LogP contribution in [0.2, 0.25) is 0 Å². The largest absolute Gasteiger partial charge is 0.251 e. The van der Waals surface area contributed by atoms with Crippen LogP contribution >= 0.6 is 0 Å². The van der Waals surface area contributed by atoms with Gasteiger partial charge in [0.25, 0.3) is 0 Å². The monoisotopic (exact) mass is 277 g/mol. The summed E-state index contributed by atoms with van der Waals surface area (Å²) in [6.07, 6.45) is 3.91. The normalized spacial score (nSPS) is 15.6. The van der Waals surface area contributed by atoms with Crippen LogP contribution < -0.4 is 0 Å². The first-order valence-corrected chi connectivity index (χ1v) is 7.76. The Kier molecular flexibility index (Phi) is 2.89. The molecule has 100 valence electrons. The highest BCUT2D eigenvalue weighted by atomic mass is 32.2. The molecule has 0 spiro atoms. The van der Waals surface area contributed by atoms with E-state index in [-0.39, 0.29) is 9.92 Å². The van der Waals surface area contributed by atoms with Crippen LogP contribution in [0, 0.1) is 12.8 Å². The molecule has 1 aliphatic carbocycles. The molecule has 1 fully saturated rings. The fourth-order valence-electron chi connectivity index (χ4n) is 1.90. The third kappa shape index (κ3) is 2.53. The number of nitrogens with zero attached hydrogens (tertiary/aromatic N) is 3. The first-order chi connectivity index (χ1) is 9.05. The standard InChI is InChI=1S/C13H15N3O2S/c1-10-2-6-12(7-3-10)19(17,18)13-9-16(15-14-13)8-11-4-5-11/h2-3,6-7,9,11H,4-5,8H2,1H3. The molecule has 19 heavy (non-hydrogen) atoms. The van der Waals surface area contributed by atoms with Gasteiger partial charge in [0, 0.05) is 6.54 Å². The van der Waals surface area contributed by atoms with E-state index < -0.39 is 9.84 Å². The average Bonchev–Trinajstić information content (AvgIpc) is 3.05. The molecule has 0 saturated heterocycles. The third-order valence-corrected chi connectivity index (χ3v) is 4.90. The number of aromatic nitrogens is 3. The van der Waals surface area contributed by atoms with Gasteiger partial charge in [-0.25, -0.2) is 8.42 Å². The number of hydrogen-bond donors (Lipinski definition) is 0. The fraction of sp³-hybridized carbons (Fsp3) is 0.385. The second-order valence-electron chi connectivity index (χ2n) is 5.04. The zero-order chi connectivity index (χ0) is 13.5. The Morgan fingerprint density at radius 1 is 1.26 bits per heavy atom. The molecule has 0 aliphatic heterocycles. The Morgan fingerprint density at radius 3 is 2.58 bits per heavy atom. The van der Waals surface area contributed by atoms with Crippen molar-refractivity contribution in [2.45, 2.75) is 36.2 Å². The molecule has 1 aromatic carbocycles. The SMILES string of the molecule is Cc1ccc(S(=O)(=O)c2cn(CC3CC3)nn2)cc1. The van der Waals surface area contributed by atoms with Crippen LogP contribution in [0.15, 0.2) is 40.4 Å². The van der Waals surface area contributed by atoms with Crippen molar-refractivity contribution in [3.05, 3.63) is 36.0 Å². The molecule has 0 bridgehead atoms. The summed E-state index contributed by atoms with van der Waals surface area (Å²) >= 11 is 0. The number of rotatable bonds is 4. The highest BCUT2D eigenvalue weighted by molar-refractivity contribution is 7.91. The lowest BCUT2D eigenvalue weighted by atomic mass is 10.2. The van der Waals surface area contributed by atoms with E-state index in [1.807, 2.05) is 6.92 Å². The molecule has 1 aromatic heterocycles. The van der Waals surface area contributed by atoms with Crippen LogP contribution in [-0.4, -0.2) is 23.4 Å². The second kappa shape index (κ2) is 4.45. The van der Waals surface area contributed by atoms with Crippen LogP contribution in [0.25, 0.3) is 0 Å². The van der Waals surface area contributed by atoms with Crippen molar-refractivity contribution >= 4 is 9.84 Å². The van der Waals surface area contributed by atoms with Gasteiger partial charge in [0.05, 0.1) is 11.1 Å². The lowest BCUT2D eigenvalue weighted by Gasteiger charge is -2.00. The molecule has 1 heterocycles. The summed E-state index contributed by atoms with van der Waals surface area (Å²) in [5.41, 5.74) is 1.02. The number of sulfone groups is 1. The number of hydrogen-bond acceptors (Lipinski definition) is 4. The molecule has 5 nitrogen and oxygen atoms in total. The lowest BCUT2D eigenvalue weighted by Crippen LogP contribution is -2.02. The van der Waals surface area contributed by atoms with Crippen LogP contribution in [0.3, 0.4) is 0 Å². The molecule has 0 atom stereocenters. The summed E-state index contributed by atoms with van der Waals surface area (Å²) in [5, 5.41) is 7.71. The Balaban J connectivity index is 1.90. The molecular formula is C13H15N3O2S. The van der Waals surface area contributed by atoms with Gasteiger partial charge in [0.15, 0.2) is 0 Å². The van der Waals surface area contributed by atoms with Crippen molar-refractivity contribution in [2.75, 3.05) is 0 Å². The smallest absolute Gasteiger partial charge is 0.227 e. The van der Waals surface area contributed by atoms with Gasteiger partial charge in [-0.3, -0.25) is 4.68 Å². The van der Waals surface area contributed by atoms with Gasteiger partial charge in [0.1, 0.15) is 0 Å². The van der Waals surface area contributed by atoms with Gasteiger partial charge in [-0.2, -0.15) is 0 Å². The lowest BCUT2D eigenvalue weighted by molar-refractivity contribution is 0.544. The molecule has 0 N–H and O–H groups in total. The Morgan fingerprint density at radius 2 is 1.95 bits per heavy atom. The van der Waals surface area contributed by atoms with Gasteiger partial charge in [-0.05, 0) is 37.8 Å². The van der Waals surface area contributed by atoms with Crippen molar-refractivity contribution in [3.8, 4) is 0 Å². The van der Waals surface area contributed by atoms with E-state index in [4.69, 9.17) is 0 Å². The van der Waals surface area contributed by atoms with Crippen molar-refractivity contribution < 1.29 is 8.42 Å². The molecule has 0 unspecified atom stereocenters. The highest BCUT2D eigenvalue weighted by Crippen LogP contribution is 2.30. The molecule has 2 aromatic rings. The molecule has 1 aliphatic rings. The summed E-state index contributed by atoms with van der Waals surface area (Å²) in [5.74, 6) is 0.636. The maximum Gasteiger partial charge on any atom is 0.227 e. The van der Waals surface area contributed by atoms with Gasteiger partial charge in [-0.15, -0.1) is 5.10 Å². The molecule has 1 saturated carbocycles. The molecule has 0 radical (unpaired) electrons. The summed E-state index contributed by atoms with van der Waals surface area (Å²) < 4.78 is 26.3. The van der Waals surface area contributed by atoms with E-state index in [9.17, 15) is 8.42 Å². The molecule has 3 rings (SSSR count). The van der Waals surface area contributed by atoms with Gasteiger partial charge >= 0.3 is 0 Å². The number of aryl methyl sites for hydroxylation is 1. The zero-order valence-corrected chi connectivity index (χ0v) is 11.5. The Hall–Kier alpha value is -1.69. The summed E-state index contributed by atoms with van der Waals surface area (Å²) in [6.45, 7) is 2.68. The average molecular weight is 277 g/mol. The predicted molar refractivity (Wildman–Crippen MR) is 69.4 cm³/mol. The second-order valence-corrected chi connectivity index (χ2v) is 6.94. The Bertz CT molecular complexity index is 685. The van der Waals surface area contributed by atoms with Crippen molar-refractivity contribution in [2.24, 2.45) is 5.92 Å². The van der Waals surface area contributed by atoms with E-state index in [1.165, 1.54) is 19.0 Å². The maximum atomic E-state index is 12.3. The van der Waals surface area contributed by atoms with E-state index >= 15 is 0 Å². The first-order valence-electron chi connectivity index (χ1n) is 6.27. The van der Waals surface area contributed by atoms with Crippen molar-refractivity contribution in [1.29, 1.82) is 0 Å². The van der Waals surface area contributed by atoms with Gasteiger partial charge in [-0.1, -0.05) is 22.9 Å². The summed E-state index contributed by atoms with van der Waals surface area (Å²) in [7, 11) is -3.54. The summed E-state index contributed by atoms with van der Waals surface area (Å²) in [4.78, 5) is 0.261. The summed E-state index contributed by atoms with van der Waals surface area (Å²) in [6, 6.07) is 6.76. The third-order valence-electron chi connectivity index (χ3n) is 3.27. The molecule has 0 amide bonds. The molecule has 6 heteroatoms. The van der Waals surface area contributed by atoms with E-state index in [0.717, 1.165) is 12.1 Å². The zero-order valence-electron chi connectivity index (χ0n) is 10.7. The minimum absolute atomic E-state index is 0.0250. The predicted octanol–water partition coefficient (Wildman–Crippen LogP) is 1.83. The first kappa shape index (κ1) is 12.3.